The van der Waals surface area contributed by atoms with Crippen molar-refractivity contribution < 1.29 is 19.1 Å². The van der Waals surface area contributed by atoms with Gasteiger partial charge >= 0.3 is 6.09 Å². The van der Waals surface area contributed by atoms with Crippen molar-refractivity contribution in [2.24, 2.45) is 5.92 Å². The van der Waals surface area contributed by atoms with E-state index in [-0.39, 0.29) is 11.8 Å². The van der Waals surface area contributed by atoms with Crippen LogP contribution in [0.2, 0.25) is 0 Å². The van der Waals surface area contributed by atoms with Crippen LogP contribution in [0.5, 0.6) is 0 Å². The first-order chi connectivity index (χ1) is 8.97. The van der Waals surface area contributed by atoms with E-state index < -0.39 is 18.1 Å². The Kier molecular flexibility index (Phi) is 3.50. The molecule has 6 nitrogen and oxygen atoms in total. The molecule has 1 aromatic carbocycles. The molecule has 19 heavy (non-hydrogen) atoms. The van der Waals surface area contributed by atoms with Crippen molar-refractivity contribution in [1.82, 2.24) is 5.32 Å². The highest BCUT2D eigenvalue weighted by Crippen LogP contribution is 2.23. The fourth-order valence-corrected chi connectivity index (χ4v) is 1.60. The van der Waals surface area contributed by atoms with Gasteiger partial charge in [-0.25, -0.2) is 4.79 Å². The Hall–Kier alpha value is -2.37. The molecule has 100 valence electrons. The first kappa shape index (κ1) is 13.1. The average molecular weight is 262 g/mol. The lowest BCUT2D eigenvalue weighted by Gasteiger charge is -2.10. The van der Waals surface area contributed by atoms with Gasteiger partial charge < -0.3 is 10.1 Å². The van der Waals surface area contributed by atoms with Crippen molar-refractivity contribution in [3.05, 3.63) is 29.8 Å². The average Bonchev–Trinajstić information content (AvgIpc) is 2.69. The highest BCUT2D eigenvalue weighted by atomic mass is 16.6. The molecule has 1 atom stereocenters. The topological polar surface area (TPSA) is 84.5 Å². The lowest BCUT2D eigenvalue weighted by molar-refractivity contribution is -0.123. The third-order valence-corrected chi connectivity index (χ3v) is 2.69. The van der Waals surface area contributed by atoms with E-state index in [2.05, 4.69) is 10.6 Å². The Morgan fingerprint density at radius 2 is 1.89 bits per heavy atom. The number of benzene rings is 1. The standard InChI is InChI=1S/C13H14N2O4/c1-7(2)11(16)14-9-5-3-8(4-6-9)10-12(17)15-13(18)19-10/h3-7,10H,1-2H3,(H,14,16)(H,15,17,18). The number of rotatable bonds is 3. The van der Waals surface area contributed by atoms with Crippen molar-refractivity contribution in [3.63, 3.8) is 0 Å². The fraction of sp³-hybridized carbons (Fsp3) is 0.308. The molecule has 3 amide bonds. The second-order valence-corrected chi connectivity index (χ2v) is 4.54. The maximum atomic E-state index is 11.5. The lowest BCUT2D eigenvalue weighted by Crippen LogP contribution is -2.20. The van der Waals surface area contributed by atoms with Crippen molar-refractivity contribution >= 4 is 23.6 Å². The van der Waals surface area contributed by atoms with Crippen molar-refractivity contribution in [3.8, 4) is 0 Å². The third kappa shape index (κ3) is 2.90. The second-order valence-electron chi connectivity index (χ2n) is 4.54. The van der Waals surface area contributed by atoms with E-state index in [1.165, 1.54) is 0 Å². The molecule has 0 saturated carbocycles. The minimum absolute atomic E-state index is 0.0854. The second kappa shape index (κ2) is 5.09. The van der Waals surface area contributed by atoms with Gasteiger partial charge in [-0.3, -0.25) is 14.9 Å². The Morgan fingerprint density at radius 3 is 2.37 bits per heavy atom. The molecule has 1 fully saturated rings. The quantitative estimate of drug-likeness (QED) is 0.866. The van der Waals surface area contributed by atoms with Crippen LogP contribution in [0.1, 0.15) is 25.5 Å². The van der Waals surface area contributed by atoms with Crippen LogP contribution in [-0.4, -0.2) is 17.9 Å². The number of carbonyl (C=O) groups excluding carboxylic acids is 3. The maximum Gasteiger partial charge on any atom is 0.415 e. The number of hydrogen-bond acceptors (Lipinski definition) is 4. The van der Waals surface area contributed by atoms with Crippen molar-refractivity contribution in [2.75, 3.05) is 5.32 Å². The van der Waals surface area contributed by atoms with E-state index >= 15 is 0 Å². The van der Waals surface area contributed by atoms with E-state index in [9.17, 15) is 14.4 Å². The zero-order valence-electron chi connectivity index (χ0n) is 10.6. The van der Waals surface area contributed by atoms with Crippen LogP contribution in [0.4, 0.5) is 10.5 Å². The summed E-state index contributed by atoms with van der Waals surface area (Å²) in [6.45, 7) is 3.60. The molecule has 2 N–H and O–H groups in total. The number of carbonyl (C=O) groups is 3. The van der Waals surface area contributed by atoms with E-state index in [0.717, 1.165) is 0 Å². The molecule has 6 heteroatoms. The summed E-state index contributed by atoms with van der Waals surface area (Å²) in [7, 11) is 0. The van der Waals surface area contributed by atoms with Crippen LogP contribution in [0.25, 0.3) is 0 Å². The van der Waals surface area contributed by atoms with Crippen LogP contribution in [-0.2, 0) is 14.3 Å². The number of hydrogen-bond donors (Lipinski definition) is 2. The summed E-state index contributed by atoms with van der Waals surface area (Å²) in [6, 6.07) is 6.60. The minimum Gasteiger partial charge on any atom is -0.431 e. The summed E-state index contributed by atoms with van der Waals surface area (Å²) in [5, 5.41) is 4.79. The summed E-state index contributed by atoms with van der Waals surface area (Å²) >= 11 is 0. The Balaban J connectivity index is 2.08. The largest absolute Gasteiger partial charge is 0.431 e. The van der Waals surface area contributed by atoms with E-state index in [4.69, 9.17) is 4.74 Å². The van der Waals surface area contributed by atoms with Gasteiger partial charge in [0.2, 0.25) is 12.0 Å². The maximum absolute atomic E-state index is 11.5. The highest BCUT2D eigenvalue weighted by Gasteiger charge is 2.33. The predicted molar refractivity (Wildman–Crippen MR) is 67.3 cm³/mol. The zero-order chi connectivity index (χ0) is 14.0. The summed E-state index contributed by atoms with van der Waals surface area (Å²) in [5.74, 6) is -0.678. The Bertz CT molecular complexity index is 522. The van der Waals surface area contributed by atoms with Gasteiger partial charge in [0.05, 0.1) is 0 Å². The number of nitrogens with one attached hydrogen (secondary N) is 2. The number of imide groups is 1. The van der Waals surface area contributed by atoms with E-state index in [0.29, 0.717) is 11.3 Å². The summed E-state index contributed by atoms with van der Waals surface area (Å²) < 4.78 is 4.83. The van der Waals surface area contributed by atoms with Crippen LogP contribution >= 0.6 is 0 Å². The number of amides is 3. The Labute approximate surface area is 110 Å². The highest BCUT2D eigenvalue weighted by molar-refractivity contribution is 6.00. The van der Waals surface area contributed by atoms with Gasteiger partial charge in [0.25, 0.3) is 5.91 Å². The van der Waals surface area contributed by atoms with Gasteiger partial charge in [-0.2, -0.15) is 0 Å². The zero-order valence-corrected chi connectivity index (χ0v) is 10.6. The number of ether oxygens (including phenoxy) is 1. The van der Waals surface area contributed by atoms with Crippen LogP contribution < -0.4 is 10.6 Å². The molecular weight excluding hydrogens is 248 g/mol. The van der Waals surface area contributed by atoms with E-state index in [1.807, 2.05) is 0 Å². The molecule has 1 aliphatic rings. The first-order valence-electron chi connectivity index (χ1n) is 5.89. The molecule has 0 bridgehead atoms. The molecule has 1 aromatic rings. The van der Waals surface area contributed by atoms with Crippen LogP contribution in [0.15, 0.2) is 24.3 Å². The lowest BCUT2D eigenvalue weighted by atomic mass is 10.1. The molecule has 2 rings (SSSR count). The minimum atomic E-state index is -0.914. The third-order valence-electron chi connectivity index (χ3n) is 2.69. The van der Waals surface area contributed by atoms with Gasteiger partial charge in [0, 0.05) is 17.2 Å². The monoisotopic (exact) mass is 262 g/mol. The molecule has 1 saturated heterocycles. The molecule has 1 heterocycles. The summed E-state index contributed by atoms with van der Waals surface area (Å²) in [4.78, 5) is 33.8. The molecule has 1 aliphatic heterocycles. The molecular formula is C13H14N2O4. The van der Waals surface area contributed by atoms with Gasteiger partial charge in [0.15, 0.2) is 0 Å². The number of anilines is 1. The predicted octanol–water partition coefficient (Wildman–Crippen LogP) is 1.59. The smallest absolute Gasteiger partial charge is 0.415 e. The van der Waals surface area contributed by atoms with Gasteiger partial charge in [-0.15, -0.1) is 0 Å². The van der Waals surface area contributed by atoms with Crippen LogP contribution in [0, 0.1) is 5.92 Å². The molecule has 0 aliphatic carbocycles. The number of alkyl carbamates (subject to hydrolysis) is 1. The number of cyclic esters (lactones) is 1. The fourth-order valence-electron chi connectivity index (χ4n) is 1.60. The SMILES string of the molecule is CC(C)C(=O)Nc1ccc(C2OC(=O)NC2=O)cc1. The van der Waals surface area contributed by atoms with Crippen molar-refractivity contribution in [1.29, 1.82) is 0 Å². The molecule has 0 aromatic heterocycles. The molecule has 0 spiro atoms. The van der Waals surface area contributed by atoms with Gasteiger partial charge in [-0.05, 0) is 12.1 Å². The first-order valence-corrected chi connectivity index (χ1v) is 5.89. The van der Waals surface area contributed by atoms with Gasteiger partial charge in [-0.1, -0.05) is 26.0 Å². The Morgan fingerprint density at radius 1 is 1.26 bits per heavy atom. The normalized spacial score (nSPS) is 18.2. The molecule has 1 unspecified atom stereocenters. The summed E-state index contributed by atoms with van der Waals surface area (Å²) in [6.07, 6.45) is -1.66. The molecule has 0 radical (unpaired) electrons. The van der Waals surface area contributed by atoms with Crippen LogP contribution in [0.3, 0.4) is 0 Å². The van der Waals surface area contributed by atoms with Gasteiger partial charge in [0.1, 0.15) is 0 Å². The summed E-state index contributed by atoms with van der Waals surface area (Å²) in [5.41, 5.74) is 1.19. The van der Waals surface area contributed by atoms with E-state index in [1.54, 1.807) is 38.1 Å². The van der Waals surface area contributed by atoms with Crippen molar-refractivity contribution in [2.45, 2.75) is 20.0 Å².